The van der Waals surface area contributed by atoms with Gasteiger partial charge in [-0.1, -0.05) is 23.7 Å². The van der Waals surface area contributed by atoms with E-state index < -0.39 is 0 Å². The predicted octanol–water partition coefficient (Wildman–Crippen LogP) is 1.77. The van der Waals surface area contributed by atoms with Gasteiger partial charge in [-0.05, 0) is 29.9 Å². The Kier molecular flexibility index (Phi) is 4.35. The van der Waals surface area contributed by atoms with E-state index in [0.717, 1.165) is 5.56 Å². The van der Waals surface area contributed by atoms with Crippen molar-refractivity contribution in [3.63, 3.8) is 0 Å². The molecule has 0 unspecified atom stereocenters. The van der Waals surface area contributed by atoms with Gasteiger partial charge in [0, 0.05) is 12.1 Å². The summed E-state index contributed by atoms with van der Waals surface area (Å²) in [6.07, 6.45) is 1.67. The molecule has 0 aliphatic carbocycles. The number of nitrogens with one attached hydrogen (secondary N) is 2. The minimum atomic E-state index is 0.482. The summed E-state index contributed by atoms with van der Waals surface area (Å²) in [4.78, 5) is 0. The Hall–Kier alpha value is -1.13. The lowest BCUT2D eigenvalue weighted by Gasteiger charge is -1.99. The Morgan fingerprint density at radius 2 is 2.07 bits per heavy atom. The average Bonchev–Trinajstić information content (AvgIpc) is 2.21. The van der Waals surface area contributed by atoms with E-state index in [9.17, 15) is 0 Å². The summed E-state index contributed by atoms with van der Waals surface area (Å²) in [5.74, 6) is 0. The van der Waals surface area contributed by atoms with Gasteiger partial charge in [-0.25, -0.2) is 0 Å². The molecule has 1 aromatic rings. The number of hydrogen-bond donors (Lipinski definition) is 2. The van der Waals surface area contributed by atoms with Gasteiger partial charge >= 0.3 is 0 Å². The van der Waals surface area contributed by atoms with E-state index in [2.05, 4.69) is 15.8 Å². The molecule has 0 saturated heterocycles. The third-order valence-corrected chi connectivity index (χ3v) is 2.02. The molecule has 0 aromatic heterocycles. The van der Waals surface area contributed by atoms with Crippen molar-refractivity contribution in [2.45, 2.75) is 0 Å². The minimum Gasteiger partial charge on any atom is -0.364 e. The quantitative estimate of drug-likeness (QED) is 0.459. The van der Waals surface area contributed by atoms with Crippen LogP contribution in [0.1, 0.15) is 5.56 Å². The first-order valence-electron chi connectivity index (χ1n) is 3.98. The van der Waals surface area contributed by atoms with Crippen LogP contribution >= 0.6 is 23.8 Å². The fourth-order valence-electron chi connectivity index (χ4n) is 0.770. The number of nitrogens with zero attached hydrogens (tertiary/aromatic N) is 1. The standard InChI is InChI=1S/C9H10ClN3S/c1-11-9(14)13-12-6-7-2-4-8(10)5-3-7/h2-6H,1H3,(H2,11,13,14)/b12-6+. The van der Waals surface area contributed by atoms with Crippen molar-refractivity contribution in [3.05, 3.63) is 34.9 Å². The fourth-order valence-corrected chi connectivity index (χ4v) is 0.949. The van der Waals surface area contributed by atoms with E-state index in [1.165, 1.54) is 0 Å². The maximum atomic E-state index is 5.73. The molecule has 0 heterocycles. The summed E-state index contributed by atoms with van der Waals surface area (Å²) in [7, 11) is 1.73. The summed E-state index contributed by atoms with van der Waals surface area (Å²) in [5, 5.41) is 7.86. The highest BCUT2D eigenvalue weighted by molar-refractivity contribution is 7.80. The second-order valence-electron chi connectivity index (χ2n) is 2.50. The summed E-state index contributed by atoms with van der Waals surface area (Å²) in [6.45, 7) is 0. The molecule has 0 radical (unpaired) electrons. The van der Waals surface area contributed by atoms with Crippen molar-refractivity contribution in [1.82, 2.24) is 10.7 Å². The van der Waals surface area contributed by atoms with Gasteiger partial charge in [0.05, 0.1) is 6.21 Å². The molecule has 0 bridgehead atoms. The Bertz CT molecular complexity index is 334. The van der Waals surface area contributed by atoms with Gasteiger partial charge in [-0.3, -0.25) is 5.43 Å². The van der Waals surface area contributed by atoms with Crippen LogP contribution in [-0.4, -0.2) is 18.4 Å². The number of rotatable bonds is 2. The highest BCUT2D eigenvalue weighted by atomic mass is 35.5. The van der Waals surface area contributed by atoms with Crippen LogP contribution in [0.15, 0.2) is 29.4 Å². The van der Waals surface area contributed by atoms with Crippen molar-refractivity contribution >= 4 is 35.1 Å². The van der Waals surface area contributed by atoms with Crippen LogP contribution in [0.2, 0.25) is 5.02 Å². The van der Waals surface area contributed by atoms with Crippen molar-refractivity contribution < 1.29 is 0 Å². The fraction of sp³-hybridized carbons (Fsp3) is 0.111. The summed E-state index contributed by atoms with van der Waals surface area (Å²) < 4.78 is 0. The molecule has 0 aliphatic rings. The molecule has 0 fully saturated rings. The summed E-state index contributed by atoms with van der Waals surface area (Å²) in [6, 6.07) is 7.35. The molecule has 0 spiro atoms. The number of halogens is 1. The highest BCUT2D eigenvalue weighted by Crippen LogP contribution is 2.07. The third-order valence-electron chi connectivity index (χ3n) is 1.48. The summed E-state index contributed by atoms with van der Waals surface area (Å²) in [5.41, 5.74) is 3.61. The van der Waals surface area contributed by atoms with Gasteiger partial charge in [0.15, 0.2) is 5.11 Å². The average molecular weight is 228 g/mol. The lowest BCUT2D eigenvalue weighted by molar-refractivity contribution is 0.982. The predicted molar refractivity (Wildman–Crippen MR) is 63.8 cm³/mol. The molecule has 2 N–H and O–H groups in total. The number of hydrazone groups is 1. The zero-order valence-corrected chi connectivity index (χ0v) is 9.19. The van der Waals surface area contributed by atoms with Gasteiger partial charge in [0.1, 0.15) is 0 Å². The lowest BCUT2D eigenvalue weighted by Crippen LogP contribution is -2.28. The molecule has 0 aliphatic heterocycles. The molecule has 1 aromatic carbocycles. The zero-order chi connectivity index (χ0) is 10.4. The van der Waals surface area contributed by atoms with Crippen LogP contribution in [0.5, 0.6) is 0 Å². The van der Waals surface area contributed by atoms with Crippen LogP contribution in [0, 0.1) is 0 Å². The van der Waals surface area contributed by atoms with Gasteiger partial charge in [0.25, 0.3) is 0 Å². The Morgan fingerprint density at radius 3 is 2.64 bits per heavy atom. The Labute approximate surface area is 93.2 Å². The van der Waals surface area contributed by atoms with Crippen molar-refractivity contribution in [2.24, 2.45) is 5.10 Å². The lowest BCUT2D eigenvalue weighted by atomic mass is 10.2. The summed E-state index contributed by atoms with van der Waals surface area (Å²) >= 11 is 10.6. The first kappa shape index (κ1) is 10.9. The minimum absolute atomic E-state index is 0.482. The van der Waals surface area contributed by atoms with E-state index >= 15 is 0 Å². The van der Waals surface area contributed by atoms with Gasteiger partial charge in [-0.2, -0.15) is 5.10 Å². The monoisotopic (exact) mass is 227 g/mol. The third kappa shape index (κ3) is 3.72. The van der Waals surface area contributed by atoms with Crippen molar-refractivity contribution in [3.8, 4) is 0 Å². The maximum Gasteiger partial charge on any atom is 0.186 e. The van der Waals surface area contributed by atoms with Crippen LogP contribution in [0.4, 0.5) is 0 Å². The zero-order valence-electron chi connectivity index (χ0n) is 7.62. The van der Waals surface area contributed by atoms with Crippen molar-refractivity contribution in [2.75, 3.05) is 7.05 Å². The molecule has 0 amide bonds. The second kappa shape index (κ2) is 5.57. The van der Waals surface area contributed by atoms with Gasteiger partial charge in [0.2, 0.25) is 0 Å². The first-order valence-corrected chi connectivity index (χ1v) is 4.77. The normalized spacial score (nSPS) is 10.1. The second-order valence-corrected chi connectivity index (χ2v) is 3.35. The van der Waals surface area contributed by atoms with E-state index in [1.807, 2.05) is 12.1 Å². The largest absolute Gasteiger partial charge is 0.364 e. The van der Waals surface area contributed by atoms with E-state index in [1.54, 1.807) is 25.4 Å². The molecule has 3 nitrogen and oxygen atoms in total. The molecule has 0 saturated carbocycles. The van der Waals surface area contributed by atoms with Crippen LogP contribution < -0.4 is 10.7 Å². The molecular weight excluding hydrogens is 218 g/mol. The number of benzene rings is 1. The topological polar surface area (TPSA) is 36.4 Å². The van der Waals surface area contributed by atoms with Crippen molar-refractivity contribution in [1.29, 1.82) is 0 Å². The van der Waals surface area contributed by atoms with Gasteiger partial charge < -0.3 is 5.32 Å². The van der Waals surface area contributed by atoms with E-state index in [4.69, 9.17) is 23.8 Å². The molecule has 74 valence electrons. The van der Waals surface area contributed by atoms with Crippen LogP contribution in [0.25, 0.3) is 0 Å². The van der Waals surface area contributed by atoms with E-state index in [-0.39, 0.29) is 0 Å². The van der Waals surface area contributed by atoms with E-state index in [0.29, 0.717) is 10.1 Å². The molecule has 5 heteroatoms. The smallest absolute Gasteiger partial charge is 0.186 e. The molecule has 14 heavy (non-hydrogen) atoms. The molecule has 0 atom stereocenters. The van der Waals surface area contributed by atoms with Crippen LogP contribution in [-0.2, 0) is 0 Å². The molecular formula is C9H10ClN3S. The first-order chi connectivity index (χ1) is 6.72. The van der Waals surface area contributed by atoms with Crippen LogP contribution in [0.3, 0.4) is 0 Å². The highest BCUT2D eigenvalue weighted by Gasteiger charge is 1.88. The Balaban J connectivity index is 2.52. The SMILES string of the molecule is CNC(=S)N/N=C/c1ccc(Cl)cc1. The van der Waals surface area contributed by atoms with Gasteiger partial charge in [-0.15, -0.1) is 0 Å². The number of thiocarbonyl (C=S) groups is 1. The maximum absolute atomic E-state index is 5.73. The Morgan fingerprint density at radius 1 is 1.43 bits per heavy atom. The molecule has 1 rings (SSSR count). The number of hydrogen-bond acceptors (Lipinski definition) is 2.